The molecule has 0 aliphatic rings. The Bertz CT molecular complexity index is 2940. The van der Waals surface area contributed by atoms with E-state index < -0.39 is 0 Å². The molecule has 2 heteroatoms. The first-order valence-electron chi connectivity index (χ1n) is 20.4. The molecule has 0 spiro atoms. The van der Waals surface area contributed by atoms with Crippen molar-refractivity contribution in [2.75, 3.05) is 10.2 Å². The predicted molar refractivity (Wildman–Crippen MR) is 259 cm³/mol. The molecule has 10 aromatic rings. The van der Waals surface area contributed by atoms with Gasteiger partial charge in [0.15, 0.2) is 0 Å². The van der Waals surface area contributed by atoms with Crippen molar-refractivity contribution in [3.05, 3.63) is 255 Å². The molecule has 0 bridgehead atoms. The van der Waals surface area contributed by atoms with Crippen LogP contribution in [-0.4, -0.2) is 0 Å². The van der Waals surface area contributed by atoms with Crippen LogP contribution in [0.1, 0.15) is 5.56 Å². The van der Waals surface area contributed by atoms with Crippen molar-refractivity contribution in [2.45, 2.75) is 0 Å². The van der Waals surface area contributed by atoms with E-state index in [1.807, 2.05) is 24.3 Å². The number of hydrogen-bond acceptors (Lipinski definition) is 2. The third kappa shape index (κ3) is 7.96. The SMILES string of the molecule is C=Cc1ccccc1-c1ccccc1.c1ccc(Nc2ccc3c(-c4ccccc4)c4cc(N(c5ccccc5)c5ccccc5)ccc4c(-c4ccccc4)c3c2)cc1. The molecule has 10 rings (SSSR count). The van der Waals surface area contributed by atoms with E-state index in [1.165, 1.54) is 60.5 Å². The van der Waals surface area contributed by atoms with Crippen molar-refractivity contribution < 1.29 is 0 Å². The van der Waals surface area contributed by atoms with E-state index in [1.54, 1.807) is 0 Å². The number of hydrogen-bond donors (Lipinski definition) is 1. The monoisotopic (exact) mass is 768 g/mol. The molecule has 2 nitrogen and oxygen atoms in total. The van der Waals surface area contributed by atoms with Gasteiger partial charge in [-0.3, -0.25) is 0 Å². The Hall–Kier alpha value is -7.94. The van der Waals surface area contributed by atoms with Crippen LogP contribution in [0.25, 0.3) is 61.0 Å². The highest BCUT2D eigenvalue weighted by molar-refractivity contribution is 6.22. The number of para-hydroxylation sites is 3. The smallest absolute Gasteiger partial charge is 0.0468 e. The van der Waals surface area contributed by atoms with Crippen LogP contribution in [0.5, 0.6) is 0 Å². The molecule has 0 fully saturated rings. The maximum absolute atomic E-state index is 3.82. The van der Waals surface area contributed by atoms with Gasteiger partial charge in [0, 0.05) is 28.4 Å². The summed E-state index contributed by atoms with van der Waals surface area (Å²) in [6.45, 7) is 3.82. The quantitative estimate of drug-likeness (QED) is 0.147. The molecule has 60 heavy (non-hydrogen) atoms. The molecule has 0 unspecified atom stereocenters. The lowest BCUT2D eigenvalue weighted by atomic mass is 9.85. The molecule has 10 aromatic carbocycles. The second kappa shape index (κ2) is 17.7. The van der Waals surface area contributed by atoms with Crippen LogP contribution in [0.2, 0.25) is 0 Å². The molecule has 0 aromatic heterocycles. The summed E-state index contributed by atoms with van der Waals surface area (Å²) in [5, 5.41) is 8.51. The average Bonchev–Trinajstić information content (AvgIpc) is 3.33. The Kier molecular flexibility index (Phi) is 11.1. The van der Waals surface area contributed by atoms with Gasteiger partial charge >= 0.3 is 0 Å². The van der Waals surface area contributed by atoms with Crippen LogP contribution in [0.4, 0.5) is 28.4 Å². The summed E-state index contributed by atoms with van der Waals surface area (Å²) in [5.74, 6) is 0. The summed E-state index contributed by atoms with van der Waals surface area (Å²) in [6, 6.07) is 85.6. The zero-order valence-electron chi connectivity index (χ0n) is 33.3. The molecule has 0 aliphatic heterocycles. The average molecular weight is 769 g/mol. The highest BCUT2D eigenvalue weighted by atomic mass is 15.1. The van der Waals surface area contributed by atoms with Gasteiger partial charge in [-0.15, -0.1) is 0 Å². The van der Waals surface area contributed by atoms with Crippen molar-refractivity contribution >= 4 is 56.1 Å². The van der Waals surface area contributed by atoms with Crippen LogP contribution in [0.3, 0.4) is 0 Å². The van der Waals surface area contributed by atoms with Crippen molar-refractivity contribution in [3.63, 3.8) is 0 Å². The van der Waals surface area contributed by atoms with E-state index in [0.717, 1.165) is 28.4 Å². The molecule has 0 radical (unpaired) electrons. The van der Waals surface area contributed by atoms with Crippen molar-refractivity contribution in [3.8, 4) is 33.4 Å². The van der Waals surface area contributed by atoms with Gasteiger partial charge in [-0.05, 0) is 121 Å². The van der Waals surface area contributed by atoms with E-state index in [2.05, 4.69) is 241 Å². The molecular formula is C58H44N2. The summed E-state index contributed by atoms with van der Waals surface area (Å²) < 4.78 is 0. The van der Waals surface area contributed by atoms with Gasteiger partial charge in [-0.25, -0.2) is 0 Å². The Morgan fingerprint density at radius 2 is 0.767 bits per heavy atom. The lowest BCUT2D eigenvalue weighted by Crippen LogP contribution is -2.09. The van der Waals surface area contributed by atoms with Gasteiger partial charge in [-0.2, -0.15) is 0 Å². The van der Waals surface area contributed by atoms with Crippen molar-refractivity contribution in [2.24, 2.45) is 0 Å². The van der Waals surface area contributed by atoms with Crippen molar-refractivity contribution in [1.82, 2.24) is 0 Å². The van der Waals surface area contributed by atoms with Crippen LogP contribution in [0.15, 0.2) is 249 Å². The van der Waals surface area contributed by atoms with Gasteiger partial charge < -0.3 is 10.2 Å². The first-order chi connectivity index (χ1) is 29.7. The van der Waals surface area contributed by atoms with Gasteiger partial charge in [0.25, 0.3) is 0 Å². The number of nitrogens with one attached hydrogen (secondary N) is 1. The van der Waals surface area contributed by atoms with Crippen LogP contribution in [-0.2, 0) is 0 Å². The number of anilines is 5. The van der Waals surface area contributed by atoms with Crippen LogP contribution < -0.4 is 10.2 Å². The summed E-state index contributed by atoms with van der Waals surface area (Å²) in [5.41, 5.74) is 14.0. The van der Waals surface area contributed by atoms with Gasteiger partial charge in [0.2, 0.25) is 0 Å². The van der Waals surface area contributed by atoms with Crippen LogP contribution in [0, 0.1) is 0 Å². The van der Waals surface area contributed by atoms with Gasteiger partial charge in [-0.1, -0.05) is 195 Å². The minimum Gasteiger partial charge on any atom is -0.356 e. The first-order valence-corrected chi connectivity index (χ1v) is 20.4. The first kappa shape index (κ1) is 37.6. The fourth-order valence-corrected chi connectivity index (χ4v) is 8.11. The fourth-order valence-electron chi connectivity index (χ4n) is 8.11. The number of benzene rings is 10. The largest absolute Gasteiger partial charge is 0.356 e. The van der Waals surface area contributed by atoms with E-state index in [0.29, 0.717) is 0 Å². The fraction of sp³-hybridized carbons (Fsp3) is 0. The zero-order valence-corrected chi connectivity index (χ0v) is 33.3. The predicted octanol–water partition coefficient (Wildman–Crippen LogP) is 16.5. The zero-order chi connectivity index (χ0) is 40.5. The van der Waals surface area contributed by atoms with E-state index >= 15 is 0 Å². The van der Waals surface area contributed by atoms with E-state index in [4.69, 9.17) is 0 Å². The maximum Gasteiger partial charge on any atom is 0.0468 e. The Morgan fingerprint density at radius 3 is 1.30 bits per heavy atom. The molecule has 0 saturated carbocycles. The molecule has 0 atom stereocenters. The Labute approximate surface area is 353 Å². The molecule has 286 valence electrons. The molecular weight excluding hydrogens is 725 g/mol. The highest BCUT2D eigenvalue weighted by Crippen LogP contribution is 2.47. The summed E-state index contributed by atoms with van der Waals surface area (Å²) in [6.07, 6.45) is 1.89. The molecule has 0 aliphatic carbocycles. The standard InChI is InChI=1S/C44H32N2.C14H12/c1-6-16-32(17-7-1)43-40-29-27-38(46(36-22-12-4-13-23-36)37-24-14-5-15-25-37)31-42(40)44(33-18-8-2-9-19-33)39-28-26-35(30-41(39)43)45-34-20-10-3-11-21-34;1-2-12-8-6-7-11-14(12)13-9-4-3-5-10-13/h1-31,45H;2-11H,1H2. The summed E-state index contributed by atoms with van der Waals surface area (Å²) in [7, 11) is 0. The van der Waals surface area contributed by atoms with Crippen molar-refractivity contribution in [1.29, 1.82) is 0 Å². The minimum absolute atomic E-state index is 1.06. The Morgan fingerprint density at radius 1 is 0.333 bits per heavy atom. The maximum atomic E-state index is 3.82. The molecule has 0 heterocycles. The van der Waals surface area contributed by atoms with Gasteiger partial charge in [0.1, 0.15) is 0 Å². The normalized spacial score (nSPS) is 10.7. The lowest BCUT2D eigenvalue weighted by molar-refractivity contribution is 1.29. The third-order valence-corrected chi connectivity index (χ3v) is 10.8. The van der Waals surface area contributed by atoms with E-state index in [-0.39, 0.29) is 0 Å². The number of fused-ring (bicyclic) bond motifs is 2. The highest BCUT2D eigenvalue weighted by Gasteiger charge is 2.20. The molecule has 0 saturated heterocycles. The third-order valence-electron chi connectivity index (χ3n) is 10.8. The summed E-state index contributed by atoms with van der Waals surface area (Å²) in [4.78, 5) is 2.34. The van der Waals surface area contributed by atoms with E-state index in [9.17, 15) is 0 Å². The number of rotatable bonds is 9. The second-order valence-corrected chi connectivity index (χ2v) is 14.6. The minimum atomic E-state index is 1.06. The Balaban J connectivity index is 0.000000280. The molecule has 1 N–H and O–H groups in total. The molecule has 0 amide bonds. The van der Waals surface area contributed by atoms with Crippen LogP contribution >= 0.6 is 0 Å². The van der Waals surface area contributed by atoms with Gasteiger partial charge in [0.05, 0.1) is 0 Å². The number of nitrogens with zero attached hydrogens (tertiary/aromatic N) is 1. The lowest BCUT2D eigenvalue weighted by Gasteiger charge is -2.27. The second-order valence-electron chi connectivity index (χ2n) is 14.6. The summed E-state index contributed by atoms with van der Waals surface area (Å²) >= 11 is 0. The topological polar surface area (TPSA) is 15.3 Å².